The molecule has 2 aromatic carbocycles. The second kappa shape index (κ2) is 11.2. The molecular formula is C18H25SbSi. The van der Waals surface area contributed by atoms with Gasteiger partial charge >= 0.3 is 89.3 Å². The van der Waals surface area contributed by atoms with Gasteiger partial charge in [0.15, 0.2) is 0 Å². The van der Waals surface area contributed by atoms with Crippen molar-refractivity contribution >= 4 is 37.4 Å². The van der Waals surface area contributed by atoms with Gasteiger partial charge < -0.3 is 0 Å². The van der Waals surface area contributed by atoms with Gasteiger partial charge in [-0.3, -0.25) is 0 Å². The predicted octanol–water partition coefficient (Wildman–Crippen LogP) is 3.88. The Hall–Kier alpha value is -0.525. The van der Waals surface area contributed by atoms with Crippen LogP contribution in [0.3, 0.4) is 0 Å². The molecule has 0 unspecified atom stereocenters. The molecule has 0 bridgehead atoms. The van der Waals surface area contributed by atoms with E-state index in [1.807, 2.05) is 0 Å². The Kier molecular flexibility index (Phi) is 9.79. The second-order valence-electron chi connectivity index (χ2n) is 4.59. The first-order valence-electron chi connectivity index (χ1n) is 7.45. The molecule has 0 heterocycles. The molecule has 2 rings (SSSR count). The van der Waals surface area contributed by atoms with Gasteiger partial charge in [0, 0.05) is 8.80 Å². The Labute approximate surface area is 136 Å². The summed E-state index contributed by atoms with van der Waals surface area (Å²) in [6.07, 6.45) is 0. The third kappa shape index (κ3) is 7.31. The molecule has 0 saturated carbocycles. The van der Waals surface area contributed by atoms with Crippen LogP contribution in [-0.2, 0) is 0 Å². The monoisotopic (exact) mass is 390 g/mol. The van der Waals surface area contributed by atoms with Gasteiger partial charge in [-0.25, -0.2) is 0 Å². The molecule has 0 spiro atoms. The molecule has 0 saturated heterocycles. The van der Waals surface area contributed by atoms with Crippen LogP contribution in [0.15, 0.2) is 60.7 Å². The van der Waals surface area contributed by atoms with Crippen molar-refractivity contribution in [1.82, 2.24) is 0 Å². The van der Waals surface area contributed by atoms with Crippen LogP contribution >= 0.6 is 0 Å². The molecule has 2 aromatic rings. The molecule has 0 aromatic heterocycles. The van der Waals surface area contributed by atoms with E-state index in [2.05, 4.69) is 81.4 Å². The van der Waals surface area contributed by atoms with Crippen LogP contribution in [0.25, 0.3) is 0 Å². The van der Waals surface area contributed by atoms with E-state index in [1.165, 1.54) is 25.2 Å². The Morgan fingerprint density at radius 2 is 1.00 bits per heavy atom. The summed E-state index contributed by atoms with van der Waals surface area (Å²) >= 11 is -0.335. The van der Waals surface area contributed by atoms with Crippen molar-refractivity contribution < 1.29 is 0 Å². The van der Waals surface area contributed by atoms with E-state index in [0.29, 0.717) is 0 Å². The van der Waals surface area contributed by atoms with Gasteiger partial charge in [0.05, 0.1) is 0 Å². The number of hydrogen-bond acceptors (Lipinski definition) is 0. The van der Waals surface area contributed by atoms with Crippen LogP contribution < -0.4 is 7.02 Å². The standard InChI is InChI=1S/C6H15Si.2C6H5.Sb/c1-4-7(5-2)6-3;2*1-2-4-6-5-3-1;/h4-6H2,1-3H3;2*1-5H;. The molecule has 0 N–H and O–H groups in total. The SMILES string of the molecule is CC[Si](CC)CC.c1cc[c]([Sb][c]2ccccc2)cc1. The Morgan fingerprint density at radius 3 is 1.25 bits per heavy atom. The Bertz CT molecular complexity index is 394. The number of rotatable bonds is 5. The van der Waals surface area contributed by atoms with E-state index in [9.17, 15) is 0 Å². The van der Waals surface area contributed by atoms with Crippen molar-refractivity contribution in [3.05, 3.63) is 60.7 Å². The summed E-state index contributed by atoms with van der Waals surface area (Å²) in [5.74, 6) is 0. The van der Waals surface area contributed by atoms with Crippen molar-refractivity contribution in [3.8, 4) is 0 Å². The maximum absolute atomic E-state index is 2.31. The van der Waals surface area contributed by atoms with Crippen LogP contribution in [0.4, 0.5) is 0 Å². The molecule has 0 nitrogen and oxygen atoms in total. The fourth-order valence-corrected chi connectivity index (χ4v) is 6.09. The van der Waals surface area contributed by atoms with E-state index in [4.69, 9.17) is 0 Å². The average Bonchev–Trinajstić information content (AvgIpc) is 2.52. The van der Waals surface area contributed by atoms with Gasteiger partial charge in [0.25, 0.3) is 0 Å². The zero-order valence-electron chi connectivity index (χ0n) is 12.8. The fourth-order valence-electron chi connectivity index (χ4n) is 1.90. The van der Waals surface area contributed by atoms with E-state index in [-0.39, 0.29) is 30.4 Å². The molecule has 0 fully saturated rings. The summed E-state index contributed by atoms with van der Waals surface area (Å²) in [5, 5.41) is 0. The number of benzene rings is 2. The molecule has 0 atom stereocenters. The fraction of sp³-hybridized carbons (Fsp3) is 0.333. The van der Waals surface area contributed by atoms with Crippen molar-refractivity contribution in [1.29, 1.82) is 0 Å². The summed E-state index contributed by atoms with van der Waals surface area (Å²) in [6.45, 7) is 6.92. The van der Waals surface area contributed by atoms with Gasteiger partial charge in [0.1, 0.15) is 0 Å². The van der Waals surface area contributed by atoms with Crippen molar-refractivity contribution in [2.75, 3.05) is 0 Å². The van der Waals surface area contributed by atoms with Gasteiger partial charge in [-0.15, -0.1) is 0 Å². The zero-order valence-corrected chi connectivity index (χ0v) is 16.4. The molecule has 0 amide bonds. The summed E-state index contributed by atoms with van der Waals surface area (Å²) in [4.78, 5) is 0. The normalized spacial score (nSPS) is 10.0. The Balaban J connectivity index is 0.000000246. The average molecular weight is 391 g/mol. The summed E-state index contributed by atoms with van der Waals surface area (Å²) in [7, 11) is 0.137. The zero-order chi connectivity index (χ0) is 14.6. The van der Waals surface area contributed by atoms with Crippen LogP contribution in [0.5, 0.6) is 0 Å². The van der Waals surface area contributed by atoms with E-state index in [1.54, 1.807) is 0 Å². The molecule has 106 valence electrons. The molecular weight excluding hydrogens is 366 g/mol. The Morgan fingerprint density at radius 1 is 0.650 bits per heavy atom. The number of hydrogen-bond donors (Lipinski definition) is 0. The summed E-state index contributed by atoms with van der Waals surface area (Å²) < 4.78 is 3.04. The van der Waals surface area contributed by atoms with Crippen molar-refractivity contribution in [2.24, 2.45) is 0 Å². The second-order valence-corrected chi connectivity index (χ2v) is 11.8. The third-order valence-electron chi connectivity index (χ3n) is 3.27. The molecule has 2 radical (unpaired) electrons. The molecule has 2 heteroatoms. The van der Waals surface area contributed by atoms with Gasteiger partial charge in [-0.05, 0) is 0 Å². The minimum atomic E-state index is -0.335. The maximum atomic E-state index is 2.31. The predicted molar refractivity (Wildman–Crippen MR) is 95.1 cm³/mol. The van der Waals surface area contributed by atoms with Crippen LogP contribution in [0.2, 0.25) is 18.1 Å². The minimum absolute atomic E-state index is 0.137. The van der Waals surface area contributed by atoms with Gasteiger partial charge in [-0.1, -0.05) is 38.9 Å². The summed E-state index contributed by atoms with van der Waals surface area (Å²) in [6, 6.07) is 25.9. The van der Waals surface area contributed by atoms with Crippen molar-refractivity contribution in [3.63, 3.8) is 0 Å². The first-order valence-corrected chi connectivity index (χ1v) is 12.1. The molecule has 0 aliphatic carbocycles. The van der Waals surface area contributed by atoms with Gasteiger partial charge in [0.2, 0.25) is 0 Å². The molecule has 0 aliphatic rings. The third-order valence-corrected chi connectivity index (χ3v) is 9.45. The van der Waals surface area contributed by atoms with Crippen molar-refractivity contribution in [2.45, 2.75) is 38.9 Å². The quantitative estimate of drug-likeness (QED) is 0.679. The van der Waals surface area contributed by atoms with E-state index < -0.39 is 0 Å². The first kappa shape index (κ1) is 17.5. The van der Waals surface area contributed by atoms with E-state index >= 15 is 0 Å². The first-order chi connectivity index (χ1) is 9.80. The molecule has 20 heavy (non-hydrogen) atoms. The van der Waals surface area contributed by atoms with Crippen LogP contribution in [0, 0.1) is 0 Å². The van der Waals surface area contributed by atoms with Crippen LogP contribution in [-0.4, -0.2) is 30.4 Å². The summed E-state index contributed by atoms with van der Waals surface area (Å²) in [5.41, 5.74) is 0. The van der Waals surface area contributed by atoms with Crippen LogP contribution in [0.1, 0.15) is 20.8 Å². The topological polar surface area (TPSA) is 0 Å². The molecule has 0 aliphatic heterocycles. The van der Waals surface area contributed by atoms with Gasteiger partial charge in [-0.2, -0.15) is 0 Å². The van der Waals surface area contributed by atoms with E-state index in [0.717, 1.165) is 0 Å².